The Hall–Kier alpha value is -3.58. The molecule has 4 aromatic rings. The first-order valence-electron chi connectivity index (χ1n) is 12.0. The number of hydrogen-bond donors (Lipinski definition) is 1. The van der Waals surface area contributed by atoms with Crippen LogP contribution in [0.15, 0.2) is 60.8 Å². The van der Waals surface area contributed by atoms with Gasteiger partial charge in [0.15, 0.2) is 5.82 Å². The molecule has 2 unspecified atom stereocenters. The molecule has 7 rings (SSSR count). The molecule has 7 heteroatoms. The maximum atomic E-state index is 4.80. The standard InChI is InChI=1S/C27H29N7/c1-18-10-22(12-23-11-19(2)31-32-23)30-27(29-18)21-8-9-26(28-14-21)33-16-24-13-25(17-33)34(24)15-20-6-4-3-5-7-20/h3-11,14,24-25H,12-13,15-17H2,1-2H3,(H,31,32). The van der Waals surface area contributed by atoms with Gasteiger partial charge in [-0.15, -0.1) is 0 Å². The van der Waals surface area contributed by atoms with Gasteiger partial charge in [-0.2, -0.15) is 5.10 Å². The fourth-order valence-corrected chi connectivity index (χ4v) is 5.24. The average molecular weight is 452 g/mol. The van der Waals surface area contributed by atoms with E-state index in [0.717, 1.165) is 59.6 Å². The van der Waals surface area contributed by atoms with Gasteiger partial charge in [-0.25, -0.2) is 15.0 Å². The van der Waals surface area contributed by atoms with E-state index in [-0.39, 0.29) is 0 Å². The summed E-state index contributed by atoms with van der Waals surface area (Å²) in [6.07, 6.45) is 3.88. The topological polar surface area (TPSA) is 73.8 Å². The van der Waals surface area contributed by atoms with Crippen LogP contribution < -0.4 is 4.90 Å². The predicted molar refractivity (Wildman–Crippen MR) is 133 cm³/mol. The number of benzene rings is 1. The lowest BCUT2D eigenvalue weighted by Gasteiger charge is -2.56. The van der Waals surface area contributed by atoms with Crippen molar-refractivity contribution in [1.29, 1.82) is 0 Å². The number of anilines is 1. The van der Waals surface area contributed by atoms with Gasteiger partial charge >= 0.3 is 0 Å². The van der Waals surface area contributed by atoms with Crippen molar-refractivity contribution < 1.29 is 0 Å². The highest BCUT2D eigenvalue weighted by Gasteiger charge is 2.44. The van der Waals surface area contributed by atoms with Gasteiger partial charge in [0.05, 0.1) is 11.4 Å². The molecule has 1 N–H and O–H groups in total. The van der Waals surface area contributed by atoms with E-state index >= 15 is 0 Å². The number of piperidine rings is 1. The zero-order chi connectivity index (χ0) is 23.1. The van der Waals surface area contributed by atoms with Crippen LogP contribution in [0.2, 0.25) is 0 Å². The van der Waals surface area contributed by atoms with Gasteiger partial charge in [-0.1, -0.05) is 30.3 Å². The number of nitrogens with zero attached hydrogens (tertiary/aromatic N) is 6. The lowest BCUT2D eigenvalue weighted by atomic mass is 9.86. The summed E-state index contributed by atoms with van der Waals surface area (Å²) in [4.78, 5) is 19.3. The largest absolute Gasteiger partial charge is 0.353 e. The number of aromatic nitrogens is 5. The van der Waals surface area contributed by atoms with Crippen molar-refractivity contribution >= 4 is 5.82 Å². The summed E-state index contributed by atoms with van der Waals surface area (Å²) in [6, 6.07) is 20.3. The number of pyridine rings is 1. The smallest absolute Gasteiger partial charge is 0.161 e. The van der Waals surface area contributed by atoms with Crippen LogP contribution in [0.4, 0.5) is 5.82 Å². The first-order chi connectivity index (χ1) is 16.6. The van der Waals surface area contributed by atoms with Crippen molar-refractivity contribution in [3.05, 3.63) is 89.1 Å². The maximum Gasteiger partial charge on any atom is 0.161 e. The summed E-state index contributed by atoms with van der Waals surface area (Å²) >= 11 is 0. The molecule has 3 aliphatic rings. The second-order valence-electron chi connectivity index (χ2n) is 9.55. The summed E-state index contributed by atoms with van der Waals surface area (Å²) in [6.45, 7) is 7.12. The molecule has 34 heavy (non-hydrogen) atoms. The Labute approximate surface area is 199 Å². The van der Waals surface area contributed by atoms with Crippen LogP contribution in [-0.2, 0) is 13.0 Å². The van der Waals surface area contributed by atoms with Crippen LogP contribution in [0.25, 0.3) is 11.4 Å². The number of rotatable bonds is 6. The third-order valence-corrected chi connectivity index (χ3v) is 6.91. The van der Waals surface area contributed by atoms with E-state index in [9.17, 15) is 0 Å². The summed E-state index contributed by atoms with van der Waals surface area (Å²) in [5, 5.41) is 7.33. The highest BCUT2D eigenvalue weighted by atomic mass is 15.4. The number of hydrogen-bond acceptors (Lipinski definition) is 6. The molecule has 0 spiro atoms. The second-order valence-corrected chi connectivity index (χ2v) is 9.55. The van der Waals surface area contributed by atoms with Crippen LogP contribution in [0, 0.1) is 13.8 Å². The first-order valence-corrected chi connectivity index (χ1v) is 12.0. The summed E-state index contributed by atoms with van der Waals surface area (Å²) in [5.41, 5.74) is 6.30. The number of fused-ring (bicyclic) bond motifs is 2. The third kappa shape index (κ3) is 4.19. The number of nitrogens with one attached hydrogen (secondary N) is 1. The molecular formula is C27H29N7. The maximum absolute atomic E-state index is 4.80. The third-order valence-electron chi connectivity index (χ3n) is 6.91. The number of piperazine rings is 1. The van der Waals surface area contributed by atoms with E-state index in [4.69, 9.17) is 9.97 Å². The fourth-order valence-electron chi connectivity index (χ4n) is 5.24. The molecule has 6 heterocycles. The van der Waals surface area contributed by atoms with E-state index in [1.807, 2.05) is 26.1 Å². The van der Waals surface area contributed by atoms with Gasteiger partial charge in [-0.05, 0) is 50.1 Å². The van der Waals surface area contributed by atoms with Crippen molar-refractivity contribution in [3.8, 4) is 11.4 Å². The molecule has 0 radical (unpaired) electrons. The molecule has 0 saturated carbocycles. The lowest BCUT2D eigenvalue weighted by molar-refractivity contribution is -0.00867. The Morgan fingerprint density at radius 2 is 1.76 bits per heavy atom. The molecular weight excluding hydrogens is 422 g/mol. The minimum absolute atomic E-state index is 0.605. The highest BCUT2D eigenvalue weighted by Crippen LogP contribution is 2.35. The van der Waals surface area contributed by atoms with Gasteiger partial charge in [0.2, 0.25) is 0 Å². The molecule has 3 aliphatic heterocycles. The molecule has 1 aromatic carbocycles. The summed E-state index contributed by atoms with van der Waals surface area (Å²) in [7, 11) is 0. The molecule has 3 fully saturated rings. The molecule has 0 amide bonds. The van der Waals surface area contributed by atoms with Gasteiger partial charge in [0.25, 0.3) is 0 Å². The SMILES string of the molecule is Cc1cc(Cc2cc(C)[nH]n2)nc(-c2ccc(N3CC4CC(C3)N4Cc3ccccc3)nc2)n1. The number of aryl methyl sites for hydroxylation is 2. The Kier molecular flexibility index (Phi) is 5.34. The Morgan fingerprint density at radius 1 is 0.941 bits per heavy atom. The van der Waals surface area contributed by atoms with Gasteiger partial charge in [-0.3, -0.25) is 10.00 Å². The van der Waals surface area contributed by atoms with Crippen molar-refractivity contribution in [1.82, 2.24) is 30.0 Å². The Bertz CT molecular complexity index is 1270. The summed E-state index contributed by atoms with van der Waals surface area (Å²) in [5.74, 6) is 1.76. The molecule has 2 atom stereocenters. The quantitative estimate of drug-likeness (QED) is 0.479. The number of H-pyrrole nitrogens is 1. The first kappa shape index (κ1) is 21.0. The average Bonchev–Trinajstić information content (AvgIpc) is 3.27. The van der Waals surface area contributed by atoms with Crippen LogP contribution in [0.5, 0.6) is 0 Å². The van der Waals surface area contributed by atoms with Gasteiger partial charge < -0.3 is 4.90 Å². The van der Waals surface area contributed by atoms with Crippen LogP contribution in [0.1, 0.15) is 34.8 Å². The minimum atomic E-state index is 0.605. The summed E-state index contributed by atoms with van der Waals surface area (Å²) < 4.78 is 0. The lowest BCUT2D eigenvalue weighted by Crippen LogP contribution is -2.68. The zero-order valence-electron chi connectivity index (χ0n) is 19.6. The van der Waals surface area contributed by atoms with E-state index < -0.39 is 0 Å². The molecule has 3 saturated heterocycles. The van der Waals surface area contributed by atoms with Crippen LogP contribution >= 0.6 is 0 Å². The molecule has 0 aliphatic carbocycles. The predicted octanol–water partition coefficient (Wildman–Crippen LogP) is 3.93. The van der Waals surface area contributed by atoms with Gasteiger partial charge in [0.1, 0.15) is 5.82 Å². The van der Waals surface area contributed by atoms with Crippen LogP contribution in [0.3, 0.4) is 0 Å². The Morgan fingerprint density at radius 3 is 2.47 bits per heavy atom. The van der Waals surface area contributed by atoms with Crippen LogP contribution in [-0.4, -0.2) is 55.2 Å². The van der Waals surface area contributed by atoms with Crippen molar-refractivity contribution in [2.45, 2.75) is 45.3 Å². The molecule has 172 valence electrons. The van der Waals surface area contributed by atoms with E-state index in [0.29, 0.717) is 18.5 Å². The monoisotopic (exact) mass is 451 g/mol. The minimum Gasteiger partial charge on any atom is -0.353 e. The Balaban J connectivity index is 1.14. The second kappa shape index (κ2) is 8.65. The van der Waals surface area contributed by atoms with E-state index in [1.165, 1.54) is 12.0 Å². The normalized spacial score (nSPS) is 19.8. The fraction of sp³-hybridized carbons (Fsp3) is 0.333. The molecule has 3 aromatic heterocycles. The van der Waals surface area contributed by atoms with Crippen molar-refractivity contribution in [3.63, 3.8) is 0 Å². The number of aromatic amines is 1. The van der Waals surface area contributed by atoms with E-state index in [1.54, 1.807) is 0 Å². The molecule has 2 bridgehead atoms. The van der Waals surface area contributed by atoms with Gasteiger partial charge in [0, 0.05) is 61.3 Å². The molecule has 7 nitrogen and oxygen atoms in total. The van der Waals surface area contributed by atoms with Crippen molar-refractivity contribution in [2.75, 3.05) is 18.0 Å². The van der Waals surface area contributed by atoms with Crippen molar-refractivity contribution in [2.24, 2.45) is 0 Å². The zero-order valence-corrected chi connectivity index (χ0v) is 19.6. The highest BCUT2D eigenvalue weighted by molar-refractivity contribution is 5.57. The van der Waals surface area contributed by atoms with E-state index in [2.05, 4.69) is 73.5 Å².